The van der Waals surface area contributed by atoms with E-state index in [9.17, 15) is 0 Å². The van der Waals surface area contributed by atoms with Crippen molar-refractivity contribution in [3.05, 3.63) is 0 Å². The van der Waals surface area contributed by atoms with Crippen molar-refractivity contribution in [1.29, 1.82) is 0 Å². The van der Waals surface area contributed by atoms with Gasteiger partial charge in [-0.25, -0.2) is 0 Å². The van der Waals surface area contributed by atoms with Crippen LogP contribution in [0.5, 0.6) is 0 Å². The zero-order valence-electron chi connectivity index (χ0n) is 14.5. The lowest BCUT2D eigenvalue weighted by molar-refractivity contribution is -0.112. The van der Waals surface area contributed by atoms with Gasteiger partial charge in [0, 0.05) is 6.61 Å². The van der Waals surface area contributed by atoms with Crippen molar-refractivity contribution in [2.75, 3.05) is 31.2 Å². The lowest BCUT2D eigenvalue weighted by atomic mass is 9.73. The van der Waals surface area contributed by atoms with Crippen LogP contribution in [0.2, 0.25) is 0 Å². The molecule has 0 aromatic rings. The van der Waals surface area contributed by atoms with Gasteiger partial charge < -0.3 is 10.1 Å². The van der Waals surface area contributed by atoms with Crippen LogP contribution >= 0.6 is 11.8 Å². The van der Waals surface area contributed by atoms with Gasteiger partial charge in [-0.3, -0.25) is 0 Å². The first-order chi connectivity index (χ1) is 10.0. The Bertz CT molecular complexity index is 296. The first kappa shape index (κ1) is 17.6. The van der Waals surface area contributed by atoms with Gasteiger partial charge in [-0.1, -0.05) is 27.7 Å². The molecule has 124 valence electrons. The standard InChI is InChI=1S/C18H35NOS/c1-14(2)12-19-13-15(3)16(4)17-5-8-20-18(11-17)6-9-21-10-7-18/h14-17,19H,5-13H2,1-4H3. The molecular formula is C18H35NOS. The molecule has 2 nitrogen and oxygen atoms in total. The third kappa shape index (κ3) is 5.14. The smallest absolute Gasteiger partial charge is 0.0701 e. The van der Waals surface area contributed by atoms with Crippen molar-refractivity contribution >= 4 is 11.8 Å². The monoisotopic (exact) mass is 313 g/mol. The van der Waals surface area contributed by atoms with Crippen LogP contribution in [-0.2, 0) is 4.74 Å². The summed E-state index contributed by atoms with van der Waals surface area (Å²) >= 11 is 2.10. The average Bonchev–Trinajstić information content (AvgIpc) is 2.47. The lowest BCUT2D eigenvalue weighted by Gasteiger charge is -2.45. The Hall–Kier alpha value is 0.270. The zero-order valence-corrected chi connectivity index (χ0v) is 15.3. The van der Waals surface area contributed by atoms with Gasteiger partial charge >= 0.3 is 0 Å². The van der Waals surface area contributed by atoms with E-state index in [1.807, 2.05) is 0 Å². The quantitative estimate of drug-likeness (QED) is 0.794. The number of nitrogens with one attached hydrogen (secondary N) is 1. The third-order valence-corrected chi connectivity index (χ3v) is 6.58. The molecule has 0 saturated carbocycles. The normalized spacial score (nSPS) is 28.7. The Morgan fingerprint density at radius 3 is 2.52 bits per heavy atom. The van der Waals surface area contributed by atoms with Crippen LogP contribution in [-0.4, -0.2) is 36.8 Å². The van der Waals surface area contributed by atoms with Crippen molar-refractivity contribution in [3.63, 3.8) is 0 Å². The fourth-order valence-electron chi connectivity index (χ4n) is 3.86. The minimum absolute atomic E-state index is 0.244. The predicted molar refractivity (Wildman–Crippen MR) is 94.0 cm³/mol. The van der Waals surface area contributed by atoms with Crippen molar-refractivity contribution in [3.8, 4) is 0 Å². The molecule has 3 atom stereocenters. The molecule has 2 aliphatic heterocycles. The molecule has 0 amide bonds. The summed E-state index contributed by atoms with van der Waals surface area (Å²) in [4.78, 5) is 0. The van der Waals surface area contributed by atoms with Gasteiger partial charge in [0.1, 0.15) is 0 Å². The maximum absolute atomic E-state index is 6.25. The van der Waals surface area contributed by atoms with E-state index < -0.39 is 0 Å². The van der Waals surface area contributed by atoms with Crippen LogP contribution in [0.4, 0.5) is 0 Å². The van der Waals surface area contributed by atoms with Crippen molar-refractivity contribution in [1.82, 2.24) is 5.32 Å². The molecule has 2 fully saturated rings. The maximum Gasteiger partial charge on any atom is 0.0701 e. The molecule has 0 aliphatic carbocycles. The molecule has 0 bridgehead atoms. The minimum atomic E-state index is 0.244. The van der Waals surface area contributed by atoms with Crippen molar-refractivity contribution < 1.29 is 4.74 Å². The van der Waals surface area contributed by atoms with Gasteiger partial charge in [0.15, 0.2) is 0 Å². The number of hydrogen-bond donors (Lipinski definition) is 1. The highest BCUT2D eigenvalue weighted by atomic mass is 32.2. The van der Waals surface area contributed by atoms with Gasteiger partial charge in [0.05, 0.1) is 5.60 Å². The van der Waals surface area contributed by atoms with Gasteiger partial charge in [-0.15, -0.1) is 0 Å². The van der Waals surface area contributed by atoms with Gasteiger partial charge in [0.2, 0.25) is 0 Å². The van der Waals surface area contributed by atoms with Gasteiger partial charge in [-0.05, 0) is 74.0 Å². The first-order valence-electron chi connectivity index (χ1n) is 8.95. The maximum atomic E-state index is 6.25. The summed E-state index contributed by atoms with van der Waals surface area (Å²) in [5, 5.41) is 3.64. The summed E-state index contributed by atoms with van der Waals surface area (Å²) in [5.41, 5.74) is 0.244. The highest BCUT2D eigenvalue weighted by molar-refractivity contribution is 7.99. The highest BCUT2D eigenvalue weighted by Crippen LogP contribution is 2.43. The molecule has 2 saturated heterocycles. The number of hydrogen-bond acceptors (Lipinski definition) is 3. The molecule has 0 aromatic carbocycles. The highest BCUT2D eigenvalue weighted by Gasteiger charge is 2.40. The second kappa shape index (κ2) is 8.21. The Labute approximate surface area is 136 Å². The second-order valence-corrected chi connectivity index (χ2v) is 9.01. The molecule has 0 radical (unpaired) electrons. The molecule has 2 aliphatic rings. The summed E-state index contributed by atoms with van der Waals surface area (Å²) in [7, 11) is 0. The molecule has 21 heavy (non-hydrogen) atoms. The molecular weight excluding hydrogens is 278 g/mol. The lowest BCUT2D eigenvalue weighted by Crippen LogP contribution is -2.45. The van der Waals surface area contributed by atoms with Gasteiger partial charge in [-0.2, -0.15) is 11.8 Å². The Kier molecular flexibility index (Phi) is 6.89. The average molecular weight is 314 g/mol. The number of ether oxygens (including phenoxy) is 1. The van der Waals surface area contributed by atoms with Crippen molar-refractivity contribution in [2.24, 2.45) is 23.7 Å². The van der Waals surface area contributed by atoms with E-state index in [2.05, 4.69) is 44.8 Å². The molecule has 1 N–H and O–H groups in total. The fraction of sp³-hybridized carbons (Fsp3) is 1.00. The summed E-state index contributed by atoms with van der Waals surface area (Å²) in [6.45, 7) is 12.8. The summed E-state index contributed by atoms with van der Waals surface area (Å²) in [6, 6.07) is 0. The third-order valence-electron chi connectivity index (χ3n) is 5.60. The van der Waals surface area contributed by atoms with Crippen molar-refractivity contribution in [2.45, 2.75) is 59.0 Å². The molecule has 3 unspecified atom stereocenters. The van der Waals surface area contributed by atoms with E-state index in [0.29, 0.717) is 0 Å². The Morgan fingerprint density at radius 1 is 1.14 bits per heavy atom. The zero-order chi connectivity index (χ0) is 15.3. The van der Waals surface area contributed by atoms with E-state index >= 15 is 0 Å². The SMILES string of the molecule is CC(C)CNCC(C)C(C)C1CCOC2(CCSCC2)C1. The second-order valence-electron chi connectivity index (χ2n) is 7.79. The van der Waals surface area contributed by atoms with Crippen LogP contribution in [0.3, 0.4) is 0 Å². The predicted octanol–water partition coefficient (Wildman–Crippen LogP) is 4.20. The molecule has 2 rings (SSSR count). The van der Waals surface area contributed by atoms with Crippen LogP contribution in [0, 0.1) is 23.7 Å². The summed E-state index contributed by atoms with van der Waals surface area (Å²) < 4.78 is 6.25. The van der Waals surface area contributed by atoms with E-state index in [0.717, 1.165) is 36.8 Å². The summed E-state index contributed by atoms with van der Waals surface area (Å²) in [6.07, 6.45) is 5.13. The minimum Gasteiger partial charge on any atom is -0.375 e. The number of rotatable bonds is 6. The largest absolute Gasteiger partial charge is 0.375 e. The van der Waals surface area contributed by atoms with E-state index in [-0.39, 0.29) is 5.60 Å². The molecule has 1 spiro atoms. The van der Waals surface area contributed by atoms with E-state index in [1.54, 1.807) is 0 Å². The van der Waals surface area contributed by atoms with Crippen LogP contribution in [0.15, 0.2) is 0 Å². The molecule has 0 aromatic heterocycles. The van der Waals surface area contributed by atoms with Gasteiger partial charge in [0.25, 0.3) is 0 Å². The molecule has 2 heterocycles. The summed E-state index contributed by atoms with van der Waals surface area (Å²) in [5.74, 6) is 5.78. The Balaban J connectivity index is 1.82. The van der Waals surface area contributed by atoms with Crippen LogP contribution in [0.25, 0.3) is 0 Å². The van der Waals surface area contributed by atoms with Crippen LogP contribution < -0.4 is 5.32 Å². The number of thioether (sulfide) groups is 1. The van der Waals surface area contributed by atoms with E-state index in [4.69, 9.17) is 4.74 Å². The fourth-order valence-corrected chi connectivity index (χ4v) is 5.09. The van der Waals surface area contributed by atoms with E-state index in [1.165, 1.54) is 43.7 Å². The Morgan fingerprint density at radius 2 is 1.86 bits per heavy atom. The first-order valence-corrected chi connectivity index (χ1v) is 10.1. The molecule has 3 heteroatoms. The topological polar surface area (TPSA) is 21.3 Å². The van der Waals surface area contributed by atoms with Crippen LogP contribution in [0.1, 0.15) is 53.4 Å².